The Morgan fingerprint density at radius 1 is 1.30 bits per heavy atom. The number of nitrogens with two attached hydrogens (primary N) is 1. The third-order valence-electron chi connectivity index (χ3n) is 3.17. The Morgan fingerprint density at radius 3 is 2.60 bits per heavy atom. The fourth-order valence-corrected chi connectivity index (χ4v) is 2.16. The van der Waals surface area contributed by atoms with Gasteiger partial charge in [-0.05, 0) is 30.0 Å². The number of hydrogen-bond acceptors (Lipinski definition) is 2. The van der Waals surface area contributed by atoms with Crippen molar-refractivity contribution in [1.82, 2.24) is 9.78 Å². The highest BCUT2D eigenvalue weighted by Crippen LogP contribution is 2.34. The lowest BCUT2D eigenvalue weighted by Gasteiger charge is -2.18. The van der Waals surface area contributed by atoms with Gasteiger partial charge in [0.15, 0.2) is 0 Å². The molecule has 0 radical (unpaired) electrons. The van der Waals surface area contributed by atoms with Crippen LogP contribution in [0.4, 0.5) is 13.2 Å². The van der Waals surface area contributed by atoms with Gasteiger partial charge in [-0.1, -0.05) is 18.2 Å². The predicted octanol–water partition coefficient (Wildman–Crippen LogP) is 3.07. The maximum absolute atomic E-state index is 12.9. The summed E-state index contributed by atoms with van der Waals surface area (Å²) in [5, 5.41) is 4.02. The third kappa shape index (κ3) is 3.39. The standard InChI is InChI=1S/C14H16F3N3/c1-20-9-10(8-19-20)6-7-13(18)11-4-2-3-5-12(11)14(15,16)17/h2-5,8-9,13H,6-7,18H2,1H3. The molecule has 0 spiro atoms. The van der Waals surface area contributed by atoms with Crippen molar-refractivity contribution >= 4 is 0 Å². The number of rotatable bonds is 4. The first-order valence-electron chi connectivity index (χ1n) is 6.27. The molecular weight excluding hydrogens is 267 g/mol. The highest BCUT2D eigenvalue weighted by Gasteiger charge is 2.34. The number of nitrogens with zero attached hydrogens (tertiary/aromatic N) is 2. The van der Waals surface area contributed by atoms with Crippen molar-refractivity contribution in [2.24, 2.45) is 12.8 Å². The number of benzene rings is 1. The van der Waals surface area contributed by atoms with Crippen LogP contribution < -0.4 is 5.73 Å². The monoisotopic (exact) mass is 283 g/mol. The normalized spacial score (nSPS) is 13.4. The molecule has 1 aromatic carbocycles. The summed E-state index contributed by atoms with van der Waals surface area (Å²) in [7, 11) is 1.79. The van der Waals surface area contributed by atoms with Gasteiger partial charge < -0.3 is 5.73 Å². The van der Waals surface area contributed by atoms with Crippen LogP contribution in [-0.4, -0.2) is 9.78 Å². The zero-order valence-electron chi connectivity index (χ0n) is 11.1. The molecule has 0 fully saturated rings. The Hall–Kier alpha value is -1.82. The molecule has 1 unspecified atom stereocenters. The zero-order valence-corrected chi connectivity index (χ0v) is 11.1. The lowest BCUT2D eigenvalue weighted by Crippen LogP contribution is -2.18. The molecule has 0 saturated heterocycles. The average molecular weight is 283 g/mol. The van der Waals surface area contributed by atoms with Gasteiger partial charge in [0, 0.05) is 19.3 Å². The van der Waals surface area contributed by atoms with Crippen molar-refractivity contribution in [2.45, 2.75) is 25.1 Å². The minimum absolute atomic E-state index is 0.142. The third-order valence-corrected chi connectivity index (χ3v) is 3.17. The smallest absolute Gasteiger partial charge is 0.324 e. The summed E-state index contributed by atoms with van der Waals surface area (Å²) in [6, 6.07) is 4.82. The van der Waals surface area contributed by atoms with E-state index in [1.54, 1.807) is 24.0 Å². The van der Waals surface area contributed by atoms with Crippen molar-refractivity contribution in [3.05, 3.63) is 53.3 Å². The molecule has 0 aliphatic carbocycles. The number of alkyl halides is 3. The molecule has 0 saturated carbocycles. The van der Waals surface area contributed by atoms with Gasteiger partial charge in [-0.25, -0.2) is 0 Å². The highest BCUT2D eigenvalue weighted by atomic mass is 19.4. The molecule has 2 rings (SSSR count). The number of halogens is 3. The maximum Gasteiger partial charge on any atom is 0.416 e. The molecule has 2 N–H and O–H groups in total. The second kappa shape index (κ2) is 5.66. The Balaban J connectivity index is 2.11. The van der Waals surface area contributed by atoms with E-state index in [1.165, 1.54) is 12.1 Å². The minimum Gasteiger partial charge on any atom is -0.324 e. The van der Waals surface area contributed by atoms with Crippen LogP contribution >= 0.6 is 0 Å². The van der Waals surface area contributed by atoms with E-state index >= 15 is 0 Å². The summed E-state index contributed by atoms with van der Waals surface area (Å²) >= 11 is 0. The van der Waals surface area contributed by atoms with Crippen LogP contribution in [0.15, 0.2) is 36.7 Å². The summed E-state index contributed by atoms with van der Waals surface area (Å²) in [5.41, 5.74) is 6.37. The molecule has 108 valence electrons. The first-order chi connectivity index (χ1) is 9.38. The molecule has 1 heterocycles. The molecule has 0 bridgehead atoms. The molecule has 0 amide bonds. The Morgan fingerprint density at radius 2 is 2.00 bits per heavy atom. The molecule has 0 aliphatic rings. The molecule has 2 aromatic rings. The van der Waals surface area contributed by atoms with Crippen LogP contribution in [0.2, 0.25) is 0 Å². The van der Waals surface area contributed by atoms with E-state index in [4.69, 9.17) is 5.73 Å². The van der Waals surface area contributed by atoms with Gasteiger partial charge >= 0.3 is 6.18 Å². The van der Waals surface area contributed by atoms with E-state index in [0.717, 1.165) is 11.6 Å². The molecule has 6 heteroatoms. The highest BCUT2D eigenvalue weighted by molar-refractivity contribution is 5.32. The lowest BCUT2D eigenvalue weighted by atomic mass is 9.96. The van der Waals surface area contributed by atoms with Crippen LogP contribution in [0.25, 0.3) is 0 Å². The summed E-state index contributed by atoms with van der Waals surface area (Å²) in [5.74, 6) is 0. The van der Waals surface area contributed by atoms with Crippen LogP contribution in [0.5, 0.6) is 0 Å². The predicted molar refractivity (Wildman–Crippen MR) is 69.9 cm³/mol. The van der Waals surface area contributed by atoms with Gasteiger partial charge in [0.05, 0.1) is 11.8 Å². The Bertz CT molecular complexity index is 575. The molecule has 1 atom stereocenters. The van der Waals surface area contributed by atoms with Gasteiger partial charge in [0.25, 0.3) is 0 Å². The molecule has 0 aliphatic heterocycles. The van der Waals surface area contributed by atoms with Crippen LogP contribution in [0, 0.1) is 0 Å². The largest absolute Gasteiger partial charge is 0.416 e. The molecule has 1 aromatic heterocycles. The summed E-state index contributed by atoms with van der Waals surface area (Å²) in [6.07, 6.45) is 0.202. The zero-order chi connectivity index (χ0) is 14.8. The Kier molecular flexibility index (Phi) is 4.13. The first kappa shape index (κ1) is 14.6. The van der Waals surface area contributed by atoms with Crippen LogP contribution in [0.1, 0.15) is 29.2 Å². The van der Waals surface area contributed by atoms with E-state index in [0.29, 0.717) is 12.8 Å². The van der Waals surface area contributed by atoms with E-state index in [-0.39, 0.29) is 5.56 Å². The first-order valence-corrected chi connectivity index (χ1v) is 6.27. The second-order valence-corrected chi connectivity index (χ2v) is 4.75. The maximum atomic E-state index is 12.9. The van der Waals surface area contributed by atoms with Crippen molar-refractivity contribution in [3.8, 4) is 0 Å². The van der Waals surface area contributed by atoms with E-state index in [2.05, 4.69) is 5.10 Å². The lowest BCUT2D eigenvalue weighted by molar-refractivity contribution is -0.138. The van der Waals surface area contributed by atoms with Crippen LogP contribution in [-0.2, 0) is 19.6 Å². The van der Waals surface area contributed by atoms with Crippen molar-refractivity contribution in [2.75, 3.05) is 0 Å². The van der Waals surface area contributed by atoms with E-state index in [1.807, 2.05) is 6.20 Å². The van der Waals surface area contributed by atoms with E-state index in [9.17, 15) is 13.2 Å². The summed E-state index contributed by atoms with van der Waals surface area (Å²) < 4.78 is 40.4. The summed E-state index contributed by atoms with van der Waals surface area (Å²) in [6.45, 7) is 0. The molecule has 3 nitrogen and oxygen atoms in total. The summed E-state index contributed by atoms with van der Waals surface area (Å²) in [4.78, 5) is 0. The van der Waals surface area contributed by atoms with Gasteiger partial charge in [0.2, 0.25) is 0 Å². The second-order valence-electron chi connectivity index (χ2n) is 4.75. The van der Waals surface area contributed by atoms with E-state index < -0.39 is 17.8 Å². The molecule has 20 heavy (non-hydrogen) atoms. The number of aryl methyl sites for hydroxylation is 2. The topological polar surface area (TPSA) is 43.8 Å². The van der Waals surface area contributed by atoms with Crippen molar-refractivity contribution in [1.29, 1.82) is 0 Å². The van der Waals surface area contributed by atoms with Crippen molar-refractivity contribution < 1.29 is 13.2 Å². The SMILES string of the molecule is Cn1cc(CCC(N)c2ccccc2C(F)(F)F)cn1. The minimum atomic E-state index is -4.37. The average Bonchev–Trinajstić information content (AvgIpc) is 2.81. The van der Waals surface area contributed by atoms with Crippen LogP contribution in [0.3, 0.4) is 0 Å². The number of aromatic nitrogens is 2. The van der Waals surface area contributed by atoms with Gasteiger partial charge in [-0.15, -0.1) is 0 Å². The Labute approximate surface area is 115 Å². The quantitative estimate of drug-likeness (QED) is 0.937. The number of hydrogen-bond donors (Lipinski definition) is 1. The van der Waals surface area contributed by atoms with Gasteiger partial charge in [-0.2, -0.15) is 18.3 Å². The van der Waals surface area contributed by atoms with Crippen molar-refractivity contribution in [3.63, 3.8) is 0 Å². The fourth-order valence-electron chi connectivity index (χ4n) is 2.16. The van der Waals surface area contributed by atoms with Gasteiger partial charge in [-0.3, -0.25) is 4.68 Å². The fraction of sp³-hybridized carbons (Fsp3) is 0.357. The van der Waals surface area contributed by atoms with Gasteiger partial charge in [0.1, 0.15) is 0 Å². The molecular formula is C14H16F3N3.